The molecular formula is C19H26N4O. The maximum absolute atomic E-state index is 12.2. The van der Waals surface area contributed by atoms with Gasteiger partial charge in [-0.3, -0.25) is 4.79 Å². The number of benzene rings is 1. The summed E-state index contributed by atoms with van der Waals surface area (Å²) in [7, 11) is 0. The summed E-state index contributed by atoms with van der Waals surface area (Å²) >= 11 is 0. The van der Waals surface area contributed by atoms with Crippen LogP contribution in [0, 0.1) is 6.92 Å². The number of carbonyl (C=O) groups excluding carboxylic acids is 1. The van der Waals surface area contributed by atoms with Crippen LogP contribution < -0.4 is 10.2 Å². The minimum Gasteiger partial charge on any atom is -0.351 e. The second kappa shape index (κ2) is 8.43. The summed E-state index contributed by atoms with van der Waals surface area (Å²) in [6, 6.07) is 12.2. The summed E-state index contributed by atoms with van der Waals surface area (Å²) in [5.41, 5.74) is 2.40. The first-order chi connectivity index (χ1) is 11.5. The summed E-state index contributed by atoms with van der Waals surface area (Å²) in [6.45, 7) is 9.48. The maximum Gasteiger partial charge on any atom is 0.270 e. The van der Waals surface area contributed by atoms with Crippen molar-refractivity contribution >= 4 is 11.9 Å². The molecule has 5 heteroatoms. The van der Waals surface area contributed by atoms with Gasteiger partial charge in [0.15, 0.2) is 0 Å². The van der Waals surface area contributed by atoms with Crippen molar-refractivity contribution in [3.8, 4) is 0 Å². The van der Waals surface area contributed by atoms with E-state index in [9.17, 15) is 4.79 Å². The first-order valence-electron chi connectivity index (χ1n) is 8.45. The van der Waals surface area contributed by atoms with Crippen LogP contribution in [0.25, 0.3) is 0 Å². The highest BCUT2D eigenvalue weighted by atomic mass is 16.1. The maximum atomic E-state index is 12.2. The molecule has 0 aliphatic rings. The Morgan fingerprint density at radius 1 is 1.21 bits per heavy atom. The van der Waals surface area contributed by atoms with Crippen LogP contribution >= 0.6 is 0 Å². The zero-order valence-electron chi connectivity index (χ0n) is 14.9. The summed E-state index contributed by atoms with van der Waals surface area (Å²) in [5.74, 6) is 0.447. The largest absolute Gasteiger partial charge is 0.351 e. The van der Waals surface area contributed by atoms with Gasteiger partial charge in [-0.1, -0.05) is 37.3 Å². The van der Waals surface area contributed by atoms with Crippen LogP contribution in [-0.4, -0.2) is 28.5 Å². The monoisotopic (exact) mass is 326 g/mol. The lowest BCUT2D eigenvalue weighted by Gasteiger charge is -2.27. The van der Waals surface area contributed by atoms with Crippen molar-refractivity contribution in [1.29, 1.82) is 0 Å². The SMILES string of the molecule is CCCNC(=O)c1cc(C)nc(N(Cc2ccccc2)C(C)C)n1. The highest BCUT2D eigenvalue weighted by Crippen LogP contribution is 2.17. The second-order valence-electron chi connectivity index (χ2n) is 6.16. The average molecular weight is 326 g/mol. The van der Waals surface area contributed by atoms with E-state index in [1.165, 1.54) is 5.56 Å². The number of hydrogen-bond acceptors (Lipinski definition) is 4. The van der Waals surface area contributed by atoms with E-state index in [1.54, 1.807) is 6.07 Å². The van der Waals surface area contributed by atoms with Crippen molar-refractivity contribution in [2.24, 2.45) is 0 Å². The molecule has 0 spiro atoms. The van der Waals surface area contributed by atoms with Crippen molar-refractivity contribution in [3.63, 3.8) is 0 Å². The third kappa shape index (κ3) is 4.78. The summed E-state index contributed by atoms with van der Waals surface area (Å²) < 4.78 is 0. The van der Waals surface area contributed by atoms with Crippen LogP contribution in [0.4, 0.5) is 5.95 Å². The van der Waals surface area contributed by atoms with Crippen LogP contribution in [0.1, 0.15) is 48.9 Å². The molecule has 0 unspecified atom stereocenters. The molecule has 128 valence electrons. The number of carbonyl (C=O) groups is 1. The van der Waals surface area contributed by atoms with Gasteiger partial charge in [-0.25, -0.2) is 9.97 Å². The molecule has 0 aliphatic heterocycles. The first kappa shape index (κ1) is 17.9. The Kier molecular flexibility index (Phi) is 6.29. The fraction of sp³-hybridized carbons (Fsp3) is 0.421. The van der Waals surface area contributed by atoms with Gasteiger partial charge >= 0.3 is 0 Å². The molecule has 1 amide bonds. The number of aryl methyl sites for hydroxylation is 1. The summed E-state index contributed by atoms with van der Waals surface area (Å²) in [4.78, 5) is 23.4. The van der Waals surface area contributed by atoms with Gasteiger partial charge in [0.25, 0.3) is 5.91 Å². The van der Waals surface area contributed by atoms with Crippen molar-refractivity contribution in [1.82, 2.24) is 15.3 Å². The Morgan fingerprint density at radius 3 is 2.54 bits per heavy atom. The molecule has 0 aliphatic carbocycles. The molecule has 2 aromatic rings. The molecule has 24 heavy (non-hydrogen) atoms. The van der Waals surface area contributed by atoms with E-state index in [0.717, 1.165) is 12.1 Å². The summed E-state index contributed by atoms with van der Waals surface area (Å²) in [6.07, 6.45) is 0.898. The zero-order chi connectivity index (χ0) is 17.5. The van der Waals surface area contributed by atoms with Crippen molar-refractivity contribution in [2.75, 3.05) is 11.4 Å². The molecule has 0 bridgehead atoms. The van der Waals surface area contributed by atoms with E-state index in [4.69, 9.17) is 0 Å². The van der Waals surface area contributed by atoms with Gasteiger partial charge in [-0.05, 0) is 38.8 Å². The number of nitrogens with one attached hydrogen (secondary N) is 1. The molecule has 0 saturated heterocycles. The molecular weight excluding hydrogens is 300 g/mol. The first-order valence-corrected chi connectivity index (χ1v) is 8.45. The Morgan fingerprint density at radius 2 is 1.92 bits per heavy atom. The predicted molar refractivity (Wildman–Crippen MR) is 97.2 cm³/mol. The highest BCUT2D eigenvalue weighted by molar-refractivity contribution is 5.92. The van der Waals surface area contributed by atoms with Gasteiger partial charge in [0.1, 0.15) is 5.69 Å². The van der Waals surface area contributed by atoms with E-state index in [0.29, 0.717) is 24.7 Å². The van der Waals surface area contributed by atoms with Gasteiger partial charge in [0.2, 0.25) is 5.95 Å². The van der Waals surface area contributed by atoms with Gasteiger partial charge in [-0.15, -0.1) is 0 Å². The lowest BCUT2D eigenvalue weighted by atomic mass is 10.2. The third-order valence-corrected chi connectivity index (χ3v) is 3.69. The topological polar surface area (TPSA) is 58.1 Å². The van der Waals surface area contributed by atoms with E-state index < -0.39 is 0 Å². The van der Waals surface area contributed by atoms with Crippen molar-refractivity contribution in [2.45, 2.75) is 46.7 Å². The fourth-order valence-electron chi connectivity index (χ4n) is 2.39. The molecule has 0 atom stereocenters. The zero-order valence-corrected chi connectivity index (χ0v) is 14.9. The number of amides is 1. The minimum absolute atomic E-state index is 0.146. The Hall–Kier alpha value is -2.43. The number of aromatic nitrogens is 2. The van der Waals surface area contributed by atoms with E-state index in [-0.39, 0.29) is 11.9 Å². The third-order valence-electron chi connectivity index (χ3n) is 3.69. The minimum atomic E-state index is -0.146. The average Bonchev–Trinajstić information content (AvgIpc) is 2.57. The Labute approximate surface area is 144 Å². The molecule has 0 saturated carbocycles. The summed E-state index contributed by atoms with van der Waals surface area (Å²) in [5, 5.41) is 2.87. The molecule has 1 heterocycles. The van der Waals surface area contributed by atoms with Gasteiger partial charge < -0.3 is 10.2 Å². The fourth-order valence-corrected chi connectivity index (χ4v) is 2.39. The van der Waals surface area contributed by atoms with Crippen LogP contribution in [0.15, 0.2) is 36.4 Å². The molecule has 1 aromatic carbocycles. The van der Waals surface area contributed by atoms with Crippen LogP contribution in [0.2, 0.25) is 0 Å². The second-order valence-corrected chi connectivity index (χ2v) is 6.16. The highest BCUT2D eigenvalue weighted by Gasteiger charge is 2.17. The lowest BCUT2D eigenvalue weighted by molar-refractivity contribution is 0.0948. The lowest BCUT2D eigenvalue weighted by Crippen LogP contribution is -2.33. The van der Waals surface area contributed by atoms with Gasteiger partial charge in [-0.2, -0.15) is 0 Å². The Bertz CT molecular complexity index is 670. The van der Waals surface area contributed by atoms with Crippen molar-refractivity contribution in [3.05, 3.63) is 53.3 Å². The number of hydrogen-bond donors (Lipinski definition) is 1. The van der Waals surface area contributed by atoms with Crippen molar-refractivity contribution < 1.29 is 4.79 Å². The predicted octanol–water partition coefficient (Wildman–Crippen LogP) is 3.34. The van der Waals surface area contributed by atoms with E-state index >= 15 is 0 Å². The van der Waals surface area contributed by atoms with Gasteiger partial charge in [0.05, 0.1) is 0 Å². The standard InChI is InChI=1S/C19H26N4O/c1-5-11-20-18(24)17-12-15(4)21-19(22-17)23(14(2)3)13-16-9-7-6-8-10-16/h6-10,12,14H,5,11,13H2,1-4H3,(H,20,24). The van der Waals surface area contributed by atoms with E-state index in [1.807, 2.05) is 32.0 Å². The Balaban J connectivity index is 2.29. The molecule has 0 fully saturated rings. The van der Waals surface area contributed by atoms with Crippen LogP contribution in [0.3, 0.4) is 0 Å². The number of anilines is 1. The normalized spacial score (nSPS) is 10.7. The molecule has 0 radical (unpaired) electrons. The van der Waals surface area contributed by atoms with Crippen LogP contribution in [-0.2, 0) is 6.54 Å². The number of nitrogens with zero attached hydrogens (tertiary/aromatic N) is 3. The quantitative estimate of drug-likeness (QED) is 0.848. The molecule has 1 N–H and O–H groups in total. The number of rotatable bonds is 7. The van der Waals surface area contributed by atoms with Gasteiger partial charge in [0, 0.05) is 24.8 Å². The van der Waals surface area contributed by atoms with E-state index in [2.05, 4.69) is 46.2 Å². The van der Waals surface area contributed by atoms with Crippen LogP contribution in [0.5, 0.6) is 0 Å². The smallest absolute Gasteiger partial charge is 0.270 e. The molecule has 2 rings (SSSR count). The molecule has 1 aromatic heterocycles. The molecule has 5 nitrogen and oxygen atoms in total.